The van der Waals surface area contributed by atoms with Crippen molar-refractivity contribution in [2.45, 2.75) is 13.3 Å². The SMILES string of the molecule is COc1ccc(CCN2C(=O)NC(=O)/C(=C/c3cc([N+](=O)[O-])ccc3N3CCN(C(C)=O)CC3)C2=O)cc1. The van der Waals surface area contributed by atoms with Crippen LogP contribution in [-0.2, 0) is 20.8 Å². The number of benzene rings is 2. The third-order valence-electron chi connectivity index (χ3n) is 6.56. The van der Waals surface area contributed by atoms with Crippen LogP contribution in [0.25, 0.3) is 6.08 Å². The summed E-state index contributed by atoms with van der Waals surface area (Å²) in [6, 6.07) is 10.5. The Hall–Kier alpha value is -4.74. The van der Waals surface area contributed by atoms with Gasteiger partial charge in [0.25, 0.3) is 17.5 Å². The van der Waals surface area contributed by atoms with Crippen molar-refractivity contribution in [1.29, 1.82) is 0 Å². The molecule has 0 aliphatic carbocycles. The predicted molar refractivity (Wildman–Crippen MR) is 137 cm³/mol. The van der Waals surface area contributed by atoms with Crippen LogP contribution >= 0.6 is 0 Å². The summed E-state index contributed by atoms with van der Waals surface area (Å²) in [4.78, 5) is 65.6. The highest BCUT2D eigenvalue weighted by Crippen LogP contribution is 2.29. The Morgan fingerprint density at radius 3 is 2.37 bits per heavy atom. The number of nitro benzene ring substituents is 1. The number of piperazine rings is 1. The molecule has 2 aliphatic rings. The molecule has 12 heteroatoms. The first-order valence-electron chi connectivity index (χ1n) is 12.0. The fraction of sp³-hybridized carbons (Fsp3) is 0.308. The van der Waals surface area contributed by atoms with Crippen molar-refractivity contribution in [3.05, 3.63) is 69.3 Å². The summed E-state index contributed by atoms with van der Waals surface area (Å²) in [5, 5.41) is 13.6. The Balaban J connectivity index is 1.61. The highest BCUT2D eigenvalue weighted by atomic mass is 16.6. The highest BCUT2D eigenvalue weighted by molar-refractivity contribution is 6.31. The van der Waals surface area contributed by atoms with Crippen LogP contribution in [-0.4, -0.2) is 78.3 Å². The largest absolute Gasteiger partial charge is 0.497 e. The van der Waals surface area contributed by atoms with Crippen molar-refractivity contribution in [3.8, 4) is 5.75 Å². The molecule has 2 heterocycles. The molecule has 0 aromatic heterocycles. The molecule has 0 saturated carbocycles. The molecule has 1 N–H and O–H groups in total. The monoisotopic (exact) mass is 521 g/mol. The molecule has 2 saturated heterocycles. The number of non-ortho nitro benzene ring substituents is 1. The maximum absolute atomic E-state index is 13.3. The van der Waals surface area contributed by atoms with Gasteiger partial charge in [-0.2, -0.15) is 0 Å². The first kappa shape index (κ1) is 26.3. The van der Waals surface area contributed by atoms with Crippen molar-refractivity contribution >= 4 is 41.2 Å². The van der Waals surface area contributed by atoms with Gasteiger partial charge in [0.1, 0.15) is 11.3 Å². The van der Waals surface area contributed by atoms with E-state index in [2.05, 4.69) is 5.32 Å². The van der Waals surface area contributed by atoms with E-state index in [1.165, 1.54) is 25.1 Å². The van der Waals surface area contributed by atoms with E-state index in [0.717, 1.165) is 10.5 Å². The Morgan fingerprint density at radius 1 is 1.08 bits per heavy atom. The van der Waals surface area contributed by atoms with E-state index in [0.29, 0.717) is 49.6 Å². The molecule has 5 amide bonds. The lowest BCUT2D eigenvalue weighted by Gasteiger charge is -2.36. The minimum absolute atomic E-state index is 0.0242. The van der Waals surface area contributed by atoms with Crippen molar-refractivity contribution in [3.63, 3.8) is 0 Å². The molecule has 198 valence electrons. The van der Waals surface area contributed by atoms with Crippen LogP contribution in [0.15, 0.2) is 48.0 Å². The number of nitro groups is 1. The van der Waals surface area contributed by atoms with Gasteiger partial charge < -0.3 is 14.5 Å². The number of amides is 5. The Morgan fingerprint density at radius 2 is 1.76 bits per heavy atom. The zero-order chi connectivity index (χ0) is 27.4. The van der Waals surface area contributed by atoms with Gasteiger partial charge in [0, 0.05) is 63.0 Å². The molecule has 2 aliphatic heterocycles. The van der Waals surface area contributed by atoms with Gasteiger partial charge in [0.15, 0.2) is 0 Å². The second kappa shape index (κ2) is 11.1. The highest BCUT2D eigenvalue weighted by Gasteiger charge is 2.36. The number of imide groups is 2. The third kappa shape index (κ3) is 5.64. The van der Waals surface area contributed by atoms with Crippen LogP contribution in [0.1, 0.15) is 18.1 Å². The summed E-state index contributed by atoms with van der Waals surface area (Å²) in [6.07, 6.45) is 1.64. The number of rotatable bonds is 7. The molecule has 0 bridgehead atoms. The first-order chi connectivity index (χ1) is 18.2. The average molecular weight is 522 g/mol. The lowest BCUT2D eigenvalue weighted by atomic mass is 10.0. The minimum atomic E-state index is -0.875. The summed E-state index contributed by atoms with van der Waals surface area (Å²) >= 11 is 0. The lowest BCUT2D eigenvalue weighted by Crippen LogP contribution is -2.54. The molecule has 0 spiro atoms. The number of nitrogens with zero attached hydrogens (tertiary/aromatic N) is 4. The number of anilines is 1. The second-order valence-electron chi connectivity index (χ2n) is 8.87. The molecular weight excluding hydrogens is 494 g/mol. The number of hydrogen-bond acceptors (Lipinski definition) is 8. The zero-order valence-corrected chi connectivity index (χ0v) is 21.0. The van der Waals surface area contributed by atoms with Gasteiger partial charge in [-0.3, -0.25) is 34.7 Å². The molecule has 2 aromatic rings. The van der Waals surface area contributed by atoms with E-state index in [4.69, 9.17) is 4.74 Å². The lowest BCUT2D eigenvalue weighted by molar-refractivity contribution is -0.384. The summed E-state index contributed by atoms with van der Waals surface area (Å²) in [5.41, 5.74) is 1.22. The number of nitrogens with one attached hydrogen (secondary N) is 1. The molecule has 12 nitrogen and oxygen atoms in total. The molecule has 2 fully saturated rings. The minimum Gasteiger partial charge on any atom is -0.497 e. The maximum atomic E-state index is 13.3. The normalized spacial score (nSPS) is 17.1. The Kier molecular flexibility index (Phi) is 7.70. The topological polar surface area (TPSA) is 142 Å². The van der Waals surface area contributed by atoms with E-state index in [-0.39, 0.29) is 23.7 Å². The maximum Gasteiger partial charge on any atom is 0.331 e. The van der Waals surface area contributed by atoms with Crippen molar-refractivity contribution < 1.29 is 28.8 Å². The van der Waals surface area contributed by atoms with Gasteiger partial charge in [-0.15, -0.1) is 0 Å². The van der Waals surface area contributed by atoms with Gasteiger partial charge in [0.05, 0.1) is 12.0 Å². The molecule has 0 radical (unpaired) electrons. The van der Waals surface area contributed by atoms with Crippen LogP contribution in [0.3, 0.4) is 0 Å². The Bertz CT molecular complexity index is 1310. The number of methoxy groups -OCH3 is 1. The van der Waals surface area contributed by atoms with Crippen LogP contribution < -0.4 is 15.0 Å². The van der Waals surface area contributed by atoms with Crippen molar-refractivity contribution in [1.82, 2.24) is 15.1 Å². The van der Waals surface area contributed by atoms with Gasteiger partial charge >= 0.3 is 6.03 Å². The summed E-state index contributed by atoms with van der Waals surface area (Å²) < 4.78 is 5.14. The second-order valence-corrected chi connectivity index (χ2v) is 8.87. The zero-order valence-electron chi connectivity index (χ0n) is 21.0. The molecule has 0 atom stereocenters. The smallest absolute Gasteiger partial charge is 0.331 e. The van der Waals surface area contributed by atoms with Gasteiger partial charge in [-0.25, -0.2) is 4.79 Å². The van der Waals surface area contributed by atoms with E-state index >= 15 is 0 Å². The molecule has 2 aromatic carbocycles. The van der Waals surface area contributed by atoms with E-state index in [1.807, 2.05) is 17.0 Å². The van der Waals surface area contributed by atoms with Crippen LogP contribution in [0.4, 0.5) is 16.2 Å². The average Bonchev–Trinajstić information content (AvgIpc) is 2.91. The molecule has 4 rings (SSSR count). The fourth-order valence-electron chi connectivity index (χ4n) is 4.41. The van der Waals surface area contributed by atoms with E-state index in [9.17, 15) is 29.3 Å². The number of urea groups is 1. The van der Waals surface area contributed by atoms with Gasteiger partial charge in [-0.1, -0.05) is 12.1 Å². The van der Waals surface area contributed by atoms with Crippen LogP contribution in [0.2, 0.25) is 0 Å². The Labute approximate surface area is 218 Å². The van der Waals surface area contributed by atoms with Crippen LogP contribution in [0.5, 0.6) is 5.75 Å². The number of carbonyl (C=O) groups is 4. The van der Waals surface area contributed by atoms with Crippen molar-refractivity contribution in [2.75, 3.05) is 44.7 Å². The summed E-state index contributed by atoms with van der Waals surface area (Å²) in [7, 11) is 1.55. The summed E-state index contributed by atoms with van der Waals surface area (Å²) in [5.74, 6) is -1.03. The number of hydrogen-bond donors (Lipinski definition) is 1. The van der Waals surface area contributed by atoms with Crippen molar-refractivity contribution in [2.24, 2.45) is 0 Å². The summed E-state index contributed by atoms with van der Waals surface area (Å²) in [6.45, 7) is 3.40. The van der Waals surface area contributed by atoms with Crippen LogP contribution in [0, 0.1) is 10.1 Å². The third-order valence-corrected chi connectivity index (χ3v) is 6.56. The molecule has 38 heavy (non-hydrogen) atoms. The molecular formula is C26H27N5O7. The number of ether oxygens (including phenoxy) is 1. The van der Waals surface area contributed by atoms with E-state index < -0.39 is 22.8 Å². The quantitative estimate of drug-likeness (QED) is 0.252. The first-order valence-corrected chi connectivity index (χ1v) is 12.0. The molecule has 0 unspecified atom stereocenters. The van der Waals surface area contributed by atoms with E-state index in [1.54, 1.807) is 30.2 Å². The van der Waals surface area contributed by atoms with Gasteiger partial charge in [0.2, 0.25) is 5.91 Å². The fourth-order valence-corrected chi connectivity index (χ4v) is 4.41. The number of barbiturate groups is 1. The van der Waals surface area contributed by atoms with Gasteiger partial charge in [-0.05, 0) is 36.3 Å². The standard InChI is InChI=1S/C26H27N5O7/c1-17(32)28-11-13-29(14-12-28)23-8-5-20(31(36)37)15-19(23)16-22-24(33)27-26(35)30(25(22)34)10-9-18-3-6-21(38-2)7-4-18/h3-8,15-16H,9-14H2,1-2H3,(H,27,33,35)/b22-16-. The predicted octanol–water partition coefficient (Wildman–Crippen LogP) is 1.98. The number of carbonyl (C=O) groups excluding carboxylic acids is 4.